The van der Waals surface area contributed by atoms with Gasteiger partial charge in [0.15, 0.2) is 6.10 Å². The van der Waals surface area contributed by atoms with Gasteiger partial charge in [-0.25, -0.2) is 4.57 Å². The van der Waals surface area contributed by atoms with Crippen molar-refractivity contribution in [1.29, 1.82) is 0 Å². The van der Waals surface area contributed by atoms with E-state index in [9.17, 15) is 19.0 Å². The van der Waals surface area contributed by atoms with Crippen LogP contribution >= 0.6 is 7.82 Å². The minimum absolute atomic E-state index is 0.000753. The maximum atomic E-state index is 12.6. The first-order valence-electron chi connectivity index (χ1n) is 21.6. The average molecular weight is 851 g/mol. The van der Waals surface area contributed by atoms with Gasteiger partial charge in [-0.2, -0.15) is 0 Å². The van der Waals surface area contributed by atoms with E-state index in [4.69, 9.17) is 18.5 Å². The van der Waals surface area contributed by atoms with Gasteiger partial charge in [0.05, 0.1) is 27.7 Å². The number of hydrogen-bond donors (Lipinski definition) is 1. The molecule has 0 aliphatic rings. The predicted molar refractivity (Wildman–Crippen MR) is 251 cm³/mol. The summed E-state index contributed by atoms with van der Waals surface area (Å²) < 4.78 is 34.1. The zero-order chi connectivity index (χ0) is 44.3. The molecule has 1 N–H and O–H groups in total. The number of likely N-dealkylation sites (N-methyl/N-ethyl adjacent to an activating group) is 1. The summed E-state index contributed by atoms with van der Waals surface area (Å²) >= 11 is 0. The Morgan fingerprint density at radius 2 is 0.950 bits per heavy atom. The van der Waals surface area contributed by atoms with Crippen molar-refractivity contribution >= 4 is 19.8 Å². The lowest BCUT2D eigenvalue weighted by atomic mass is 10.2. The number of carbonyl (C=O) groups is 2. The largest absolute Gasteiger partial charge is 0.472 e. The van der Waals surface area contributed by atoms with Crippen LogP contribution in [0.3, 0.4) is 0 Å². The summed E-state index contributed by atoms with van der Waals surface area (Å²) in [6.45, 7) is 3.95. The van der Waals surface area contributed by atoms with Gasteiger partial charge in [0.25, 0.3) is 0 Å². The molecular weight excluding hydrogens is 774 g/mol. The van der Waals surface area contributed by atoms with E-state index in [1.807, 2.05) is 81.9 Å². The first-order chi connectivity index (χ1) is 29.0. The monoisotopic (exact) mass is 851 g/mol. The Morgan fingerprint density at radius 3 is 1.43 bits per heavy atom. The normalized spacial score (nSPS) is 15.0. The van der Waals surface area contributed by atoms with Crippen molar-refractivity contribution < 1.29 is 42.1 Å². The highest BCUT2D eigenvalue weighted by Gasteiger charge is 2.27. The van der Waals surface area contributed by atoms with Gasteiger partial charge in [-0.1, -0.05) is 160 Å². The summed E-state index contributed by atoms with van der Waals surface area (Å²) in [5.41, 5.74) is 0. The van der Waals surface area contributed by atoms with Crippen LogP contribution in [-0.4, -0.2) is 74.9 Å². The molecule has 0 rings (SSSR count). The average Bonchev–Trinajstić information content (AvgIpc) is 3.20. The number of nitrogens with zero attached hydrogens (tertiary/aromatic N) is 1. The Morgan fingerprint density at radius 1 is 0.533 bits per heavy atom. The fourth-order valence-corrected chi connectivity index (χ4v) is 5.42. The molecule has 334 valence electrons. The van der Waals surface area contributed by atoms with Crippen molar-refractivity contribution in [3.8, 4) is 0 Å². The Labute approximate surface area is 363 Å². The van der Waals surface area contributed by atoms with E-state index < -0.39 is 32.5 Å². The first kappa shape index (κ1) is 55.9. The second kappa shape index (κ2) is 40.3. The summed E-state index contributed by atoms with van der Waals surface area (Å²) in [7, 11) is 1.37. The lowest BCUT2D eigenvalue weighted by Gasteiger charge is -2.24. The van der Waals surface area contributed by atoms with Crippen LogP contribution in [0.25, 0.3) is 0 Å². The highest BCUT2D eigenvalue weighted by molar-refractivity contribution is 7.47. The Hall–Kier alpha value is -4.11. The van der Waals surface area contributed by atoms with Crippen molar-refractivity contribution in [3.05, 3.63) is 146 Å². The number of carbonyl (C=O) groups excluding carboxylic acids is 2. The third kappa shape index (κ3) is 43.5. The number of rotatable bonds is 36. The van der Waals surface area contributed by atoms with Crippen molar-refractivity contribution in [2.24, 2.45) is 0 Å². The SMILES string of the molecule is CC/C=C/C=C/C=C/C=C/C=C/CCCC(=O)OC(COC(=O)CCC/C=C/C/C=C/C/C=C/C/C=C/C/C=C/C/C=C/C/C=C/CC)COP(=O)(O)OCC[N+](C)(C)C. The number of phosphoric ester groups is 1. The number of esters is 2. The Balaban J connectivity index is 4.56. The van der Waals surface area contributed by atoms with E-state index in [1.54, 1.807) is 0 Å². The molecule has 0 aromatic carbocycles. The van der Waals surface area contributed by atoms with E-state index in [1.165, 1.54) is 0 Å². The molecule has 0 aliphatic carbocycles. The zero-order valence-corrected chi connectivity index (χ0v) is 38.3. The summed E-state index contributed by atoms with van der Waals surface area (Å²) in [6.07, 6.45) is 59.3. The maximum absolute atomic E-state index is 12.6. The van der Waals surface area contributed by atoms with E-state index in [-0.39, 0.29) is 26.1 Å². The highest BCUT2D eigenvalue weighted by atomic mass is 31.2. The van der Waals surface area contributed by atoms with Gasteiger partial charge in [0.2, 0.25) is 0 Å². The fourth-order valence-electron chi connectivity index (χ4n) is 4.68. The van der Waals surface area contributed by atoms with Crippen LogP contribution < -0.4 is 0 Å². The van der Waals surface area contributed by atoms with Crippen LogP contribution in [0.15, 0.2) is 146 Å². The predicted octanol–water partition coefficient (Wildman–Crippen LogP) is 12.5. The van der Waals surface area contributed by atoms with Crippen LogP contribution in [0.4, 0.5) is 0 Å². The van der Waals surface area contributed by atoms with E-state index in [2.05, 4.69) is 98.9 Å². The van der Waals surface area contributed by atoms with Gasteiger partial charge in [-0.3, -0.25) is 18.6 Å². The van der Waals surface area contributed by atoms with E-state index >= 15 is 0 Å². The van der Waals surface area contributed by atoms with Crippen LogP contribution in [0.2, 0.25) is 0 Å². The van der Waals surface area contributed by atoms with Crippen molar-refractivity contribution in [2.45, 2.75) is 110 Å². The molecule has 10 heteroatoms. The maximum Gasteiger partial charge on any atom is 0.472 e. The third-order valence-electron chi connectivity index (χ3n) is 7.99. The molecule has 0 aliphatic heterocycles. The molecule has 0 aromatic rings. The molecule has 0 amide bonds. The third-order valence-corrected chi connectivity index (χ3v) is 8.98. The Kier molecular flexibility index (Phi) is 37.5. The van der Waals surface area contributed by atoms with Crippen LogP contribution in [-0.2, 0) is 32.7 Å². The van der Waals surface area contributed by atoms with Crippen LogP contribution in [0, 0.1) is 0 Å². The molecule has 0 bridgehead atoms. The molecule has 0 fully saturated rings. The number of ether oxygens (including phenoxy) is 2. The Bertz CT molecular complexity index is 1520. The van der Waals surface area contributed by atoms with Crippen molar-refractivity contribution in [2.75, 3.05) is 47.5 Å². The topological polar surface area (TPSA) is 108 Å². The number of unbranched alkanes of at least 4 members (excludes halogenated alkanes) is 2. The first-order valence-corrected chi connectivity index (χ1v) is 23.1. The second-order valence-electron chi connectivity index (χ2n) is 14.7. The molecule has 2 unspecified atom stereocenters. The standard InChI is InChI=1S/C50H76NO8P/c1-6-8-10-12-14-16-18-20-21-22-23-24-25-26-27-28-29-31-32-34-36-38-40-42-49(52)56-46-48(47-58-60(54,55)57-45-44-51(3,4)5)59-50(53)43-41-39-37-35-33-30-19-17-15-13-11-9-7-2/h8-11,13-17,19-21,23-24,26-27,29-31,33-37,48H,6-7,12,18,22,25,28,32,38-47H2,1-5H3/p+1/b10-8+,11-9+,15-13+,16-14+,19-17+,21-20+,24-23+,27-26+,31-29+,33-30+,36-34+,37-35+. The summed E-state index contributed by atoms with van der Waals surface area (Å²) in [5, 5.41) is 0. The van der Waals surface area contributed by atoms with Gasteiger partial charge < -0.3 is 18.9 Å². The molecular formula is C50H77NO8P+. The molecule has 0 spiro atoms. The molecule has 0 saturated heterocycles. The van der Waals surface area contributed by atoms with Gasteiger partial charge in [0.1, 0.15) is 19.8 Å². The molecule has 0 aromatic heterocycles. The lowest BCUT2D eigenvalue weighted by molar-refractivity contribution is -0.870. The molecule has 2 atom stereocenters. The number of quaternary nitrogens is 1. The number of phosphoric acid groups is 1. The quantitative estimate of drug-likeness (QED) is 0.0166. The zero-order valence-electron chi connectivity index (χ0n) is 37.4. The molecule has 9 nitrogen and oxygen atoms in total. The van der Waals surface area contributed by atoms with Gasteiger partial charge in [-0.05, 0) is 77.0 Å². The summed E-state index contributed by atoms with van der Waals surface area (Å²) in [6, 6.07) is 0. The van der Waals surface area contributed by atoms with Gasteiger partial charge >= 0.3 is 19.8 Å². The second-order valence-corrected chi connectivity index (χ2v) is 16.2. The highest BCUT2D eigenvalue weighted by Crippen LogP contribution is 2.43. The van der Waals surface area contributed by atoms with Crippen LogP contribution in [0.1, 0.15) is 104 Å². The molecule has 60 heavy (non-hydrogen) atoms. The number of allylic oxidation sites excluding steroid dienone is 24. The van der Waals surface area contributed by atoms with Gasteiger partial charge in [-0.15, -0.1) is 0 Å². The lowest BCUT2D eigenvalue weighted by Crippen LogP contribution is -2.37. The molecule has 0 heterocycles. The molecule has 0 radical (unpaired) electrons. The van der Waals surface area contributed by atoms with Crippen LogP contribution in [0.5, 0.6) is 0 Å². The summed E-state index contributed by atoms with van der Waals surface area (Å²) in [4.78, 5) is 35.3. The number of hydrogen-bond acceptors (Lipinski definition) is 7. The summed E-state index contributed by atoms with van der Waals surface area (Å²) in [5.74, 6) is -0.976. The van der Waals surface area contributed by atoms with E-state index in [0.29, 0.717) is 36.7 Å². The fraction of sp³-hybridized carbons (Fsp3) is 0.480. The minimum atomic E-state index is -4.42. The van der Waals surface area contributed by atoms with Gasteiger partial charge in [0, 0.05) is 12.8 Å². The van der Waals surface area contributed by atoms with Crippen molar-refractivity contribution in [3.63, 3.8) is 0 Å². The molecule has 0 saturated carbocycles. The minimum Gasteiger partial charge on any atom is -0.462 e. The van der Waals surface area contributed by atoms with Crippen molar-refractivity contribution in [1.82, 2.24) is 0 Å². The smallest absolute Gasteiger partial charge is 0.462 e. The van der Waals surface area contributed by atoms with E-state index in [0.717, 1.165) is 51.4 Å².